The molecule has 2 aromatic carbocycles. The van der Waals surface area contributed by atoms with Crippen molar-refractivity contribution in [3.63, 3.8) is 0 Å². The van der Waals surface area contributed by atoms with Gasteiger partial charge in [-0.2, -0.15) is 0 Å². The quantitative estimate of drug-likeness (QED) is 0.545. The molecule has 1 heterocycles. The maximum Gasteiger partial charge on any atom is 0.137 e. The van der Waals surface area contributed by atoms with Gasteiger partial charge in [0.1, 0.15) is 17.3 Å². The molecule has 0 saturated heterocycles. The van der Waals surface area contributed by atoms with Crippen LogP contribution in [0.15, 0.2) is 52.9 Å². The van der Waals surface area contributed by atoms with Gasteiger partial charge in [-0.25, -0.2) is 0 Å². The molecule has 0 spiro atoms. The van der Waals surface area contributed by atoms with Crippen molar-refractivity contribution in [3.05, 3.63) is 69.4 Å². The minimum Gasteiger partial charge on any atom is -0.495 e. The van der Waals surface area contributed by atoms with Crippen molar-refractivity contribution in [2.75, 3.05) is 12.4 Å². The summed E-state index contributed by atoms with van der Waals surface area (Å²) in [5.41, 5.74) is 1.64. The summed E-state index contributed by atoms with van der Waals surface area (Å²) >= 11 is 18.3. The summed E-state index contributed by atoms with van der Waals surface area (Å²) < 4.78 is 11.0. The highest BCUT2D eigenvalue weighted by Gasteiger charge is 2.09. The Balaban J connectivity index is 1.74. The van der Waals surface area contributed by atoms with Gasteiger partial charge in [0, 0.05) is 10.6 Å². The molecule has 0 fully saturated rings. The van der Waals surface area contributed by atoms with Crippen LogP contribution < -0.4 is 10.1 Å². The van der Waals surface area contributed by atoms with E-state index in [4.69, 9.17) is 44.0 Å². The van der Waals surface area contributed by atoms with Crippen molar-refractivity contribution in [3.8, 4) is 17.1 Å². The first kappa shape index (κ1) is 17.0. The van der Waals surface area contributed by atoms with Gasteiger partial charge in [0.05, 0.1) is 29.4 Å². The van der Waals surface area contributed by atoms with Gasteiger partial charge in [0.2, 0.25) is 0 Å². The van der Waals surface area contributed by atoms with Crippen molar-refractivity contribution >= 4 is 40.5 Å². The van der Waals surface area contributed by atoms with Gasteiger partial charge in [0.15, 0.2) is 0 Å². The van der Waals surface area contributed by atoms with E-state index in [9.17, 15) is 0 Å². The molecule has 0 radical (unpaired) electrons. The summed E-state index contributed by atoms with van der Waals surface area (Å²) in [4.78, 5) is 0. The largest absolute Gasteiger partial charge is 0.495 e. The van der Waals surface area contributed by atoms with E-state index in [1.54, 1.807) is 25.3 Å². The average molecular weight is 383 g/mol. The lowest BCUT2D eigenvalue weighted by molar-refractivity contribution is 0.415. The SMILES string of the molecule is COc1ccc(-c2ccc(CNc3cc(Cl)ccc3Cl)o2)cc1Cl. The predicted molar refractivity (Wildman–Crippen MR) is 99.5 cm³/mol. The lowest BCUT2D eigenvalue weighted by Crippen LogP contribution is -1.98. The number of hydrogen-bond acceptors (Lipinski definition) is 3. The minimum atomic E-state index is 0.490. The lowest BCUT2D eigenvalue weighted by Gasteiger charge is -2.07. The molecule has 124 valence electrons. The summed E-state index contributed by atoms with van der Waals surface area (Å²) in [7, 11) is 1.58. The van der Waals surface area contributed by atoms with E-state index in [1.165, 1.54) is 0 Å². The van der Waals surface area contributed by atoms with Gasteiger partial charge >= 0.3 is 0 Å². The smallest absolute Gasteiger partial charge is 0.137 e. The first-order valence-electron chi connectivity index (χ1n) is 7.18. The third-order valence-electron chi connectivity index (χ3n) is 3.48. The van der Waals surface area contributed by atoms with Gasteiger partial charge in [-0.15, -0.1) is 0 Å². The Morgan fingerprint density at radius 2 is 1.79 bits per heavy atom. The Morgan fingerprint density at radius 3 is 2.54 bits per heavy atom. The zero-order chi connectivity index (χ0) is 17.1. The van der Waals surface area contributed by atoms with Gasteiger partial charge in [-0.3, -0.25) is 0 Å². The maximum absolute atomic E-state index is 6.15. The lowest BCUT2D eigenvalue weighted by atomic mass is 10.2. The highest BCUT2D eigenvalue weighted by Crippen LogP contribution is 2.31. The molecule has 0 unspecified atom stereocenters. The number of hydrogen-bond donors (Lipinski definition) is 1. The molecule has 0 atom stereocenters. The summed E-state index contributed by atoms with van der Waals surface area (Å²) in [6, 6.07) is 14.6. The molecule has 6 heteroatoms. The Morgan fingerprint density at radius 1 is 0.958 bits per heavy atom. The zero-order valence-corrected chi connectivity index (χ0v) is 15.0. The fourth-order valence-electron chi connectivity index (χ4n) is 2.26. The first-order valence-corrected chi connectivity index (χ1v) is 8.32. The average Bonchev–Trinajstić information content (AvgIpc) is 3.04. The Bertz CT molecular complexity index is 861. The normalized spacial score (nSPS) is 10.7. The van der Waals surface area contributed by atoms with Crippen molar-refractivity contribution in [2.24, 2.45) is 0 Å². The molecule has 3 rings (SSSR count). The van der Waals surface area contributed by atoms with Crippen LogP contribution in [-0.2, 0) is 6.54 Å². The minimum absolute atomic E-state index is 0.490. The predicted octanol–water partition coefficient (Wildman–Crippen LogP) is 6.53. The molecule has 1 aromatic heterocycles. The second-order valence-corrected chi connectivity index (χ2v) is 6.34. The summed E-state index contributed by atoms with van der Waals surface area (Å²) in [6.45, 7) is 0.490. The number of anilines is 1. The van der Waals surface area contributed by atoms with Crippen LogP contribution in [0.3, 0.4) is 0 Å². The molecule has 0 aliphatic heterocycles. The monoisotopic (exact) mass is 381 g/mol. The number of methoxy groups -OCH3 is 1. The Kier molecular flexibility index (Phi) is 5.24. The highest BCUT2D eigenvalue weighted by atomic mass is 35.5. The standard InChI is InChI=1S/C18H14Cl3NO2/c1-23-18-6-2-11(8-15(18)21)17-7-4-13(24-17)10-22-16-9-12(19)3-5-14(16)20/h2-9,22H,10H2,1H3. The number of ether oxygens (including phenoxy) is 1. The number of furan rings is 1. The molecule has 0 bridgehead atoms. The van der Waals surface area contributed by atoms with Crippen molar-refractivity contribution in [1.82, 2.24) is 0 Å². The van der Waals surface area contributed by atoms with Crippen molar-refractivity contribution < 1.29 is 9.15 Å². The van der Waals surface area contributed by atoms with Crippen molar-refractivity contribution in [2.45, 2.75) is 6.54 Å². The van der Waals surface area contributed by atoms with E-state index in [2.05, 4.69) is 5.32 Å². The summed E-state index contributed by atoms with van der Waals surface area (Å²) in [6.07, 6.45) is 0. The molecule has 24 heavy (non-hydrogen) atoms. The zero-order valence-electron chi connectivity index (χ0n) is 12.8. The van der Waals surface area contributed by atoms with Crippen LogP contribution in [0.25, 0.3) is 11.3 Å². The number of nitrogens with one attached hydrogen (secondary N) is 1. The third-order valence-corrected chi connectivity index (χ3v) is 4.34. The molecule has 0 aliphatic carbocycles. The van der Waals surface area contributed by atoms with Gasteiger partial charge < -0.3 is 14.5 Å². The van der Waals surface area contributed by atoms with Crippen LogP contribution in [-0.4, -0.2) is 7.11 Å². The highest BCUT2D eigenvalue weighted by molar-refractivity contribution is 6.35. The number of rotatable bonds is 5. The number of halogens is 3. The topological polar surface area (TPSA) is 34.4 Å². The third kappa shape index (κ3) is 3.81. The van der Waals surface area contributed by atoms with E-state index in [0.717, 1.165) is 22.8 Å². The second-order valence-electron chi connectivity index (χ2n) is 5.09. The Hall–Kier alpha value is -1.81. The summed E-state index contributed by atoms with van der Waals surface area (Å²) in [5.74, 6) is 2.13. The van der Waals surface area contributed by atoms with Crippen LogP contribution in [0, 0.1) is 0 Å². The molecule has 3 nitrogen and oxygen atoms in total. The fraction of sp³-hybridized carbons (Fsp3) is 0.111. The first-order chi connectivity index (χ1) is 11.6. The molecule has 0 saturated carbocycles. The van der Waals surface area contributed by atoms with E-state index >= 15 is 0 Å². The van der Waals surface area contributed by atoms with E-state index in [0.29, 0.717) is 27.4 Å². The van der Waals surface area contributed by atoms with Crippen LogP contribution in [0.4, 0.5) is 5.69 Å². The van der Waals surface area contributed by atoms with Gasteiger partial charge in [0.25, 0.3) is 0 Å². The Labute approximate surface area is 155 Å². The molecule has 0 aliphatic rings. The van der Waals surface area contributed by atoms with Gasteiger partial charge in [-0.1, -0.05) is 34.8 Å². The van der Waals surface area contributed by atoms with E-state index < -0.39 is 0 Å². The second kappa shape index (κ2) is 7.39. The molecular weight excluding hydrogens is 369 g/mol. The van der Waals surface area contributed by atoms with Gasteiger partial charge in [-0.05, 0) is 48.5 Å². The fourth-order valence-corrected chi connectivity index (χ4v) is 2.88. The van der Waals surface area contributed by atoms with E-state index in [1.807, 2.05) is 30.3 Å². The maximum atomic E-state index is 6.15. The van der Waals surface area contributed by atoms with Crippen LogP contribution in [0.2, 0.25) is 15.1 Å². The molecule has 0 amide bonds. The van der Waals surface area contributed by atoms with Crippen LogP contribution in [0.1, 0.15) is 5.76 Å². The molecule has 3 aromatic rings. The van der Waals surface area contributed by atoms with Crippen LogP contribution in [0.5, 0.6) is 5.75 Å². The summed E-state index contributed by atoms with van der Waals surface area (Å²) in [5, 5.41) is 4.97. The van der Waals surface area contributed by atoms with E-state index in [-0.39, 0.29) is 0 Å². The van der Waals surface area contributed by atoms with Crippen LogP contribution >= 0.6 is 34.8 Å². The molecule has 1 N–H and O–H groups in total. The molecular formula is C18H14Cl3NO2. The number of benzene rings is 2. The van der Waals surface area contributed by atoms with Crippen molar-refractivity contribution in [1.29, 1.82) is 0 Å².